The Kier molecular flexibility index (Phi) is 4.55. The molecule has 0 saturated heterocycles. The summed E-state index contributed by atoms with van der Waals surface area (Å²) in [5.41, 5.74) is 6.70. The van der Waals surface area contributed by atoms with E-state index in [1.807, 2.05) is 0 Å². The Labute approximate surface area is 89.7 Å². The van der Waals surface area contributed by atoms with Crippen LogP contribution in [0.4, 0.5) is 0 Å². The molecule has 3 nitrogen and oxygen atoms in total. The first-order valence-corrected chi connectivity index (χ1v) is 3.46. The predicted molar refractivity (Wildman–Crippen MR) is 45.0 cm³/mol. The average molecular weight is 184 g/mol. The maximum absolute atomic E-state index is 10.4. The molecule has 1 heterocycles. The first kappa shape index (κ1) is 10.4. The fraction of sp³-hybridized carbons (Fsp3) is 0. The standard InChI is InChI=1S/C4H4N2OS2.Na.H/c5-3(7)2-4(8)9-1-6-2;;/h1,8H,(H2,5,7);;. The number of thiazole rings is 1. The van der Waals surface area contributed by atoms with Gasteiger partial charge in [-0.2, -0.15) is 0 Å². The van der Waals surface area contributed by atoms with Crippen molar-refractivity contribution in [1.82, 2.24) is 4.98 Å². The molecule has 0 aliphatic heterocycles. The first-order valence-electron chi connectivity index (χ1n) is 2.14. The van der Waals surface area contributed by atoms with Crippen molar-refractivity contribution >= 4 is 59.4 Å². The van der Waals surface area contributed by atoms with Gasteiger partial charge in [-0.15, -0.1) is 24.0 Å². The monoisotopic (exact) mass is 184 g/mol. The number of nitrogens with two attached hydrogens (primary N) is 1. The van der Waals surface area contributed by atoms with Gasteiger partial charge >= 0.3 is 29.6 Å². The van der Waals surface area contributed by atoms with Gasteiger partial charge in [-0.05, 0) is 0 Å². The molecule has 2 N–H and O–H groups in total. The number of primary amides is 1. The third kappa shape index (κ3) is 2.25. The molecule has 1 aromatic heterocycles. The van der Waals surface area contributed by atoms with Gasteiger partial charge in [0.15, 0.2) is 5.69 Å². The summed E-state index contributed by atoms with van der Waals surface area (Å²) >= 11 is 5.23. The third-order valence-corrected chi connectivity index (χ3v) is 1.94. The van der Waals surface area contributed by atoms with Gasteiger partial charge in [0.2, 0.25) is 0 Å². The normalized spacial score (nSPS) is 8.50. The van der Waals surface area contributed by atoms with Gasteiger partial charge in [-0.3, -0.25) is 4.79 Å². The Balaban J connectivity index is 0.000000810. The molecular weight excluding hydrogens is 179 g/mol. The Morgan fingerprint density at radius 2 is 2.40 bits per heavy atom. The van der Waals surface area contributed by atoms with E-state index in [2.05, 4.69) is 17.6 Å². The Morgan fingerprint density at radius 3 is 2.60 bits per heavy atom. The summed E-state index contributed by atoms with van der Waals surface area (Å²) in [4.78, 5) is 14.1. The number of carbonyl (C=O) groups is 1. The van der Waals surface area contributed by atoms with Crippen LogP contribution in [0.3, 0.4) is 0 Å². The first-order chi connectivity index (χ1) is 4.22. The van der Waals surface area contributed by atoms with E-state index in [0.717, 1.165) is 0 Å². The zero-order valence-electron chi connectivity index (χ0n) is 4.37. The zero-order chi connectivity index (χ0) is 6.85. The molecule has 1 rings (SSSR count). The zero-order valence-corrected chi connectivity index (χ0v) is 6.08. The molecule has 0 aliphatic rings. The quantitative estimate of drug-likeness (QED) is 0.472. The van der Waals surface area contributed by atoms with Gasteiger partial charge < -0.3 is 5.73 Å². The van der Waals surface area contributed by atoms with Gasteiger partial charge in [0, 0.05) is 0 Å². The summed E-state index contributed by atoms with van der Waals surface area (Å²) in [6.45, 7) is 0. The molecule has 1 aromatic rings. The molecule has 50 valence electrons. The molecule has 0 radical (unpaired) electrons. The van der Waals surface area contributed by atoms with Crippen LogP contribution in [0.5, 0.6) is 0 Å². The maximum atomic E-state index is 10.4. The molecule has 0 aliphatic carbocycles. The summed E-state index contributed by atoms with van der Waals surface area (Å²) in [6, 6.07) is 0. The number of aromatic nitrogens is 1. The second-order valence-electron chi connectivity index (χ2n) is 1.37. The number of carbonyl (C=O) groups excluding carboxylic acids is 1. The topological polar surface area (TPSA) is 56.0 Å². The van der Waals surface area contributed by atoms with Gasteiger partial charge in [-0.1, -0.05) is 0 Å². The minimum absolute atomic E-state index is 0. The van der Waals surface area contributed by atoms with Crippen LogP contribution in [0.15, 0.2) is 9.72 Å². The molecule has 0 spiro atoms. The summed E-state index contributed by atoms with van der Waals surface area (Å²) in [5.74, 6) is -0.527. The van der Waals surface area contributed by atoms with E-state index < -0.39 is 5.91 Å². The number of amides is 1. The van der Waals surface area contributed by atoms with Crippen LogP contribution >= 0.6 is 24.0 Å². The van der Waals surface area contributed by atoms with Crippen LogP contribution in [0.25, 0.3) is 0 Å². The fourth-order valence-corrected chi connectivity index (χ4v) is 1.24. The molecule has 0 fully saturated rings. The van der Waals surface area contributed by atoms with Crippen molar-refractivity contribution in [2.75, 3.05) is 0 Å². The van der Waals surface area contributed by atoms with Crippen molar-refractivity contribution in [3.63, 3.8) is 0 Å². The van der Waals surface area contributed by atoms with Crippen LogP contribution in [-0.4, -0.2) is 40.4 Å². The number of rotatable bonds is 1. The van der Waals surface area contributed by atoms with Gasteiger partial charge in [0.25, 0.3) is 5.91 Å². The predicted octanol–water partition coefficient (Wildman–Crippen LogP) is -0.118. The van der Waals surface area contributed by atoms with Crippen LogP contribution in [0.1, 0.15) is 10.5 Å². The van der Waals surface area contributed by atoms with E-state index >= 15 is 0 Å². The minimum atomic E-state index is -0.527. The molecule has 0 atom stereocenters. The molecule has 10 heavy (non-hydrogen) atoms. The van der Waals surface area contributed by atoms with E-state index in [9.17, 15) is 4.79 Å². The molecular formula is C4H5N2NaOS2. The van der Waals surface area contributed by atoms with Gasteiger partial charge in [-0.25, -0.2) is 4.98 Å². The summed E-state index contributed by atoms with van der Waals surface area (Å²) < 4.78 is 0.572. The van der Waals surface area contributed by atoms with E-state index in [1.165, 1.54) is 16.8 Å². The average Bonchev–Trinajstić information content (AvgIpc) is 2.13. The molecule has 0 bridgehead atoms. The molecule has 1 amide bonds. The second-order valence-corrected chi connectivity index (χ2v) is 2.97. The van der Waals surface area contributed by atoms with Crippen molar-refractivity contribution in [2.24, 2.45) is 5.73 Å². The van der Waals surface area contributed by atoms with Crippen molar-refractivity contribution < 1.29 is 4.79 Å². The number of hydrogen-bond acceptors (Lipinski definition) is 4. The van der Waals surface area contributed by atoms with Crippen molar-refractivity contribution in [1.29, 1.82) is 0 Å². The molecule has 6 heteroatoms. The van der Waals surface area contributed by atoms with E-state index in [-0.39, 0.29) is 35.3 Å². The van der Waals surface area contributed by atoms with Crippen molar-refractivity contribution in [2.45, 2.75) is 4.21 Å². The van der Waals surface area contributed by atoms with Crippen LogP contribution in [0, 0.1) is 0 Å². The van der Waals surface area contributed by atoms with Crippen molar-refractivity contribution in [3.8, 4) is 0 Å². The van der Waals surface area contributed by atoms with E-state index in [1.54, 1.807) is 0 Å². The Bertz CT molecular complexity index is 237. The summed E-state index contributed by atoms with van der Waals surface area (Å²) in [7, 11) is 0. The summed E-state index contributed by atoms with van der Waals surface area (Å²) in [5, 5.41) is 0. The Hall–Kier alpha value is 0.450. The van der Waals surface area contributed by atoms with Crippen LogP contribution < -0.4 is 5.73 Å². The fourth-order valence-electron chi connectivity index (χ4n) is 0.409. The number of nitrogens with zero attached hydrogens (tertiary/aromatic N) is 1. The molecule has 0 unspecified atom stereocenters. The van der Waals surface area contributed by atoms with E-state index in [4.69, 9.17) is 5.73 Å². The van der Waals surface area contributed by atoms with Crippen LogP contribution in [-0.2, 0) is 0 Å². The number of thiol groups is 1. The third-order valence-electron chi connectivity index (χ3n) is 0.782. The molecule has 0 aromatic carbocycles. The van der Waals surface area contributed by atoms with E-state index in [0.29, 0.717) is 4.21 Å². The summed E-state index contributed by atoms with van der Waals surface area (Å²) in [6.07, 6.45) is 0. The molecule has 0 saturated carbocycles. The van der Waals surface area contributed by atoms with Gasteiger partial charge in [0.05, 0.1) is 9.72 Å². The SMILES string of the molecule is NC(=O)c1ncsc1S.[NaH]. The van der Waals surface area contributed by atoms with Crippen molar-refractivity contribution in [3.05, 3.63) is 11.2 Å². The number of hydrogen-bond donors (Lipinski definition) is 2. The van der Waals surface area contributed by atoms with Crippen LogP contribution in [0.2, 0.25) is 0 Å². The Morgan fingerprint density at radius 1 is 1.80 bits per heavy atom. The second kappa shape index (κ2) is 4.35. The van der Waals surface area contributed by atoms with Gasteiger partial charge in [0.1, 0.15) is 0 Å².